The lowest BCUT2D eigenvalue weighted by Gasteiger charge is -2.62. The van der Waals surface area contributed by atoms with Gasteiger partial charge >= 0.3 is 17.9 Å². The second-order valence-electron chi connectivity index (χ2n) is 12.7. The molecule has 0 aliphatic heterocycles. The third-order valence-electron chi connectivity index (χ3n) is 10.8. The van der Waals surface area contributed by atoms with Crippen LogP contribution in [0.3, 0.4) is 0 Å². The molecule has 0 bridgehead atoms. The third kappa shape index (κ3) is 4.71. The fourth-order valence-electron chi connectivity index (χ4n) is 9.25. The zero-order valence-corrected chi connectivity index (χ0v) is 22.8. The summed E-state index contributed by atoms with van der Waals surface area (Å²) in [7, 11) is 1.40. The number of carbonyl (C=O) groups excluding carboxylic acids is 4. The van der Waals surface area contributed by atoms with Gasteiger partial charge in [-0.1, -0.05) is 20.8 Å². The van der Waals surface area contributed by atoms with Gasteiger partial charge in [0.25, 0.3) is 0 Å². The fraction of sp³-hybridized carbons (Fsp3) is 0.862. The molecule has 4 saturated carbocycles. The molecule has 4 aliphatic rings. The van der Waals surface area contributed by atoms with Crippen molar-refractivity contribution in [3.8, 4) is 0 Å². The maximum absolute atomic E-state index is 13.5. The van der Waals surface area contributed by atoms with Crippen molar-refractivity contribution in [2.45, 2.75) is 105 Å². The van der Waals surface area contributed by atoms with E-state index in [0.717, 1.165) is 38.5 Å². The first kappa shape index (κ1) is 27.1. The number of carbonyl (C=O) groups is 4. The predicted molar refractivity (Wildman–Crippen MR) is 133 cm³/mol. The van der Waals surface area contributed by atoms with E-state index >= 15 is 0 Å². The van der Waals surface area contributed by atoms with Crippen LogP contribution < -0.4 is 0 Å². The number of hydrogen-bond acceptors (Lipinski definition) is 7. The van der Waals surface area contributed by atoms with E-state index in [1.807, 2.05) is 0 Å². The van der Waals surface area contributed by atoms with Gasteiger partial charge < -0.3 is 14.2 Å². The molecule has 0 heterocycles. The fourth-order valence-corrected chi connectivity index (χ4v) is 9.25. The Kier molecular flexibility index (Phi) is 7.60. The van der Waals surface area contributed by atoms with Crippen LogP contribution in [-0.4, -0.2) is 43.0 Å². The SMILES string of the molecule is COC(=O)CC[C@@H](C)[C@H]1C(=O)C[C@H]2[C@@H]3[C@@H](OC(C)=O)C[C@@H]4C[C@H](OC(C)=O)CC[C@]4(C)[C@H]3CC[C@]12C. The molecule has 0 saturated heterocycles. The molecule has 0 unspecified atom stereocenters. The first-order chi connectivity index (χ1) is 16.9. The third-order valence-corrected chi connectivity index (χ3v) is 10.8. The normalized spacial score (nSPS) is 42.4. The summed E-state index contributed by atoms with van der Waals surface area (Å²) >= 11 is 0. The van der Waals surface area contributed by atoms with Crippen molar-refractivity contribution in [2.75, 3.05) is 7.11 Å². The summed E-state index contributed by atoms with van der Waals surface area (Å²) in [5, 5.41) is 0. The minimum absolute atomic E-state index is 0.0722. The Bertz CT molecular complexity index is 898. The van der Waals surface area contributed by atoms with Crippen LogP contribution in [0, 0.1) is 46.3 Å². The van der Waals surface area contributed by atoms with Crippen molar-refractivity contribution in [3.05, 3.63) is 0 Å². The van der Waals surface area contributed by atoms with Gasteiger partial charge in [0.2, 0.25) is 0 Å². The zero-order valence-electron chi connectivity index (χ0n) is 22.8. The molecule has 4 aliphatic carbocycles. The largest absolute Gasteiger partial charge is 0.469 e. The van der Waals surface area contributed by atoms with Gasteiger partial charge in [-0.3, -0.25) is 19.2 Å². The Hall–Kier alpha value is -1.92. The maximum Gasteiger partial charge on any atom is 0.305 e. The van der Waals surface area contributed by atoms with E-state index in [9.17, 15) is 19.2 Å². The average Bonchev–Trinajstić information content (AvgIpc) is 3.07. The quantitative estimate of drug-likeness (QED) is 0.375. The van der Waals surface area contributed by atoms with Crippen LogP contribution in [0.2, 0.25) is 0 Å². The van der Waals surface area contributed by atoms with Crippen molar-refractivity contribution >= 4 is 23.7 Å². The van der Waals surface area contributed by atoms with Crippen molar-refractivity contribution < 1.29 is 33.4 Å². The summed E-state index contributed by atoms with van der Waals surface area (Å²) in [5.74, 6) is 0.581. The second-order valence-corrected chi connectivity index (χ2v) is 12.7. The van der Waals surface area contributed by atoms with Gasteiger partial charge in [0, 0.05) is 38.5 Å². The van der Waals surface area contributed by atoms with Crippen LogP contribution in [0.15, 0.2) is 0 Å². The summed E-state index contributed by atoms with van der Waals surface area (Å²) < 4.78 is 16.5. The topological polar surface area (TPSA) is 96.0 Å². The summed E-state index contributed by atoms with van der Waals surface area (Å²) in [6, 6.07) is 0. The molecule has 0 radical (unpaired) electrons. The summed E-state index contributed by atoms with van der Waals surface area (Å²) in [6.45, 7) is 9.70. The lowest BCUT2D eigenvalue weighted by atomic mass is 9.43. The Morgan fingerprint density at radius 3 is 2.28 bits per heavy atom. The summed E-state index contributed by atoms with van der Waals surface area (Å²) in [6.07, 6.45) is 6.61. The highest BCUT2D eigenvalue weighted by molar-refractivity contribution is 5.85. The molecule has 4 rings (SSSR count). The highest BCUT2D eigenvalue weighted by Gasteiger charge is 2.65. The lowest BCUT2D eigenvalue weighted by Crippen LogP contribution is -2.59. The number of Topliss-reactive ketones (excluding diaryl/α,β-unsaturated/α-hetero) is 1. The first-order valence-corrected chi connectivity index (χ1v) is 13.8. The lowest BCUT2D eigenvalue weighted by molar-refractivity contribution is -0.197. The van der Waals surface area contributed by atoms with Gasteiger partial charge in [0.15, 0.2) is 0 Å². The van der Waals surface area contributed by atoms with Crippen molar-refractivity contribution in [2.24, 2.45) is 46.3 Å². The van der Waals surface area contributed by atoms with Crippen molar-refractivity contribution in [1.82, 2.24) is 0 Å². The van der Waals surface area contributed by atoms with Crippen LogP contribution in [0.25, 0.3) is 0 Å². The molecule has 4 fully saturated rings. The minimum atomic E-state index is -0.269. The standard InChI is InChI=1S/C29H44O7/c1-16(7-8-25(33)34-6)27-23(32)15-22-26-21(10-12-29(22,27)5)28(4)11-9-20(35-17(2)30)13-19(28)14-24(26)36-18(3)31/h16,19-22,24,26-27H,7-15H2,1-6H3/t16-,19+,20-,21+,22+,24+,26-,27+,28+,29+/m1/s1. The number of rotatable bonds is 6. The van der Waals surface area contributed by atoms with Crippen LogP contribution in [0.4, 0.5) is 0 Å². The van der Waals surface area contributed by atoms with Gasteiger partial charge in [-0.15, -0.1) is 0 Å². The Morgan fingerprint density at radius 2 is 1.64 bits per heavy atom. The van der Waals surface area contributed by atoms with E-state index in [-0.39, 0.29) is 64.6 Å². The zero-order chi connectivity index (χ0) is 26.4. The monoisotopic (exact) mass is 504 g/mol. The summed E-state index contributed by atoms with van der Waals surface area (Å²) in [5.41, 5.74) is -0.0821. The molecular formula is C29H44O7. The first-order valence-electron chi connectivity index (χ1n) is 13.8. The Labute approximate surface area is 215 Å². The molecule has 0 N–H and O–H groups in total. The predicted octanol–water partition coefficient (Wildman–Crippen LogP) is 4.89. The molecule has 0 aromatic rings. The van der Waals surface area contributed by atoms with Gasteiger partial charge in [0.05, 0.1) is 7.11 Å². The molecule has 202 valence electrons. The smallest absolute Gasteiger partial charge is 0.305 e. The Morgan fingerprint density at radius 1 is 0.972 bits per heavy atom. The molecule has 0 spiro atoms. The van der Waals surface area contributed by atoms with Crippen LogP contribution in [0.5, 0.6) is 0 Å². The van der Waals surface area contributed by atoms with Crippen molar-refractivity contribution in [3.63, 3.8) is 0 Å². The van der Waals surface area contributed by atoms with E-state index in [4.69, 9.17) is 14.2 Å². The highest BCUT2D eigenvalue weighted by atomic mass is 16.5. The highest BCUT2D eigenvalue weighted by Crippen LogP contribution is 2.68. The summed E-state index contributed by atoms with van der Waals surface area (Å²) in [4.78, 5) is 49.2. The van der Waals surface area contributed by atoms with Gasteiger partial charge in [0.1, 0.15) is 18.0 Å². The molecule has 10 atom stereocenters. The molecule has 7 nitrogen and oxygen atoms in total. The van der Waals surface area contributed by atoms with E-state index in [0.29, 0.717) is 36.9 Å². The molecular weight excluding hydrogens is 460 g/mol. The minimum Gasteiger partial charge on any atom is -0.469 e. The Balaban J connectivity index is 1.61. The molecule has 0 amide bonds. The number of ketones is 1. The number of esters is 3. The number of ether oxygens (including phenoxy) is 3. The van der Waals surface area contributed by atoms with Crippen molar-refractivity contribution in [1.29, 1.82) is 0 Å². The van der Waals surface area contributed by atoms with E-state index in [1.165, 1.54) is 21.0 Å². The van der Waals surface area contributed by atoms with E-state index < -0.39 is 0 Å². The molecule has 0 aromatic heterocycles. The van der Waals surface area contributed by atoms with Crippen LogP contribution >= 0.6 is 0 Å². The van der Waals surface area contributed by atoms with E-state index in [1.54, 1.807) is 0 Å². The van der Waals surface area contributed by atoms with Gasteiger partial charge in [-0.25, -0.2) is 0 Å². The van der Waals surface area contributed by atoms with E-state index in [2.05, 4.69) is 20.8 Å². The number of fused-ring (bicyclic) bond motifs is 5. The number of hydrogen-bond donors (Lipinski definition) is 0. The van der Waals surface area contributed by atoms with Crippen LogP contribution in [-0.2, 0) is 33.4 Å². The van der Waals surface area contributed by atoms with Gasteiger partial charge in [-0.05, 0) is 79.4 Å². The molecule has 36 heavy (non-hydrogen) atoms. The van der Waals surface area contributed by atoms with Crippen LogP contribution in [0.1, 0.15) is 92.4 Å². The number of methoxy groups -OCH3 is 1. The molecule has 7 heteroatoms. The van der Waals surface area contributed by atoms with Gasteiger partial charge in [-0.2, -0.15) is 0 Å². The maximum atomic E-state index is 13.5. The average molecular weight is 505 g/mol. The second kappa shape index (κ2) is 10.1. The molecule has 0 aromatic carbocycles.